The summed E-state index contributed by atoms with van der Waals surface area (Å²) in [6, 6.07) is 11.5. The number of nitrogens with one attached hydrogen (secondary N) is 1. The third-order valence-electron chi connectivity index (χ3n) is 5.38. The predicted octanol–water partition coefficient (Wildman–Crippen LogP) is 4.37. The molecule has 5 unspecified atom stereocenters. The van der Waals surface area contributed by atoms with Crippen LogP contribution in [0.15, 0.2) is 42.5 Å². The summed E-state index contributed by atoms with van der Waals surface area (Å²) in [5.74, 6) is 3.26. The van der Waals surface area contributed by atoms with E-state index in [9.17, 15) is 0 Å². The first-order valence-electron chi connectivity index (χ1n) is 8.20. The van der Waals surface area contributed by atoms with Gasteiger partial charge in [0.15, 0.2) is 0 Å². The Bertz CT molecular complexity index is 450. The van der Waals surface area contributed by atoms with Gasteiger partial charge in [-0.15, -0.1) is 0 Å². The molecular formula is C19H27N. The molecular weight excluding hydrogens is 242 g/mol. The first kappa shape index (κ1) is 13.9. The van der Waals surface area contributed by atoms with Crippen LogP contribution in [0.1, 0.15) is 44.6 Å². The lowest BCUT2D eigenvalue weighted by Crippen LogP contribution is -2.36. The third-order valence-corrected chi connectivity index (χ3v) is 5.38. The Hall–Kier alpha value is -1.08. The molecule has 0 radical (unpaired) electrons. The van der Waals surface area contributed by atoms with Crippen LogP contribution in [0.5, 0.6) is 0 Å². The van der Waals surface area contributed by atoms with E-state index in [1.54, 1.807) is 0 Å². The van der Waals surface area contributed by atoms with Crippen molar-refractivity contribution >= 4 is 0 Å². The number of hydrogen-bond acceptors (Lipinski definition) is 1. The zero-order valence-corrected chi connectivity index (χ0v) is 12.8. The molecule has 0 aliphatic heterocycles. The van der Waals surface area contributed by atoms with E-state index in [1.165, 1.54) is 24.8 Å². The number of hydrogen-bond donors (Lipinski definition) is 1. The fraction of sp³-hybridized carbons (Fsp3) is 0.579. The van der Waals surface area contributed by atoms with Gasteiger partial charge in [-0.05, 0) is 62.0 Å². The van der Waals surface area contributed by atoms with E-state index in [0.29, 0.717) is 12.0 Å². The van der Waals surface area contributed by atoms with Crippen LogP contribution < -0.4 is 5.32 Å². The lowest BCUT2D eigenvalue weighted by molar-refractivity contribution is 0.325. The summed E-state index contributed by atoms with van der Waals surface area (Å²) in [7, 11) is 0. The predicted molar refractivity (Wildman–Crippen MR) is 85.8 cm³/mol. The Morgan fingerprint density at radius 3 is 2.55 bits per heavy atom. The van der Waals surface area contributed by atoms with Crippen molar-refractivity contribution in [3.8, 4) is 0 Å². The average molecular weight is 269 g/mol. The molecule has 0 aromatic heterocycles. The smallest absolute Gasteiger partial charge is 0.00728 e. The molecule has 1 aromatic rings. The van der Waals surface area contributed by atoms with Crippen molar-refractivity contribution < 1.29 is 0 Å². The summed E-state index contributed by atoms with van der Waals surface area (Å²) in [4.78, 5) is 0. The third kappa shape index (κ3) is 2.98. The zero-order chi connectivity index (χ0) is 13.9. The Balaban J connectivity index is 1.42. The minimum Gasteiger partial charge on any atom is -0.314 e. The summed E-state index contributed by atoms with van der Waals surface area (Å²) in [6.45, 7) is 5.85. The van der Waals surface area contributed by atoms with E-state index in [2.05, 4.69) is 61.6 Å². The van der Waals surface area contributed by atoms with Crippen molar-refractivity contribution in [3.63, 3.8) is 0 Å². The largest absolute Gasteiger partial charge is 0.314 e. The fourth-order valence-electron chi connectivity index (χ4n) is 4.03. The summed E-state index contributed by atoms with van der Waals surface area (Å²) in [5.41, 5.74) is 1.46. The Kier molecular flexibility index (Phi) is 4.26. The summed E-state index contributed by atoms with van der Waals surface area (Å²) in [6.07, 6.45) is 8.95. The standard InChI is InChI=1S/C19H27N/c1-14(17-6-4-3-5-7-17)10-11-20-15(2)19-13-16-8-9-18(19)12-16/h3-9,14-16,18-20H,10-13H2,1-2H3. The topological polar surface area (TPSA) is 12.0 Å². The van der Waals surface area contributed by atoms with Gasteiger partial charge in [-0.2, -0.15) is 0 Å². The minimum atomic E-state index is 0.649. The molecule has 5 atom stereocenters. The number of rotatable bonds is 6. The van der Waals surface area contributed by atoms with E-state index in [0.717, 1.165) is 24.3 Å². The first-order valence-corrected chi connectivity index (χ1v) is 8.20. The van der Waals surface area contributed by atoms with Gasteiger partial charge in [0, 0.05) is 6.04 Å². The molecule has 1 heteroatoms. The van der Waals surface area contributed by atoms with E-state index < -0.39 is 0 Å². The van der Waals surface area contributed by atoms with Crippen LogP contribution in [0.4, 0.5) is 0 Å². The van der Waals surface area contributed by atoms with Gasteiger partial charge in [-0.1, -0.05) is 49.4 Å². The van der Waals surface area contributed by atoms with Crippen molar-refractivity contribution in [2.75, 3.05) is 6.54 Å². The van der Waals surface area contributed by atoms with Crippen molar-refractivity contribution in [2.24, 2.45) is 17.8 Å². The fourth-order valence-corrected chi connectivity index (χ4v) is 4.03. The highest BCUT2D eigenvalue weighted by Crippen LogP contribution is 2.44. The van der Waals surface area contributed by atoms with Crippen LogP contribution >= 0.6 is 0 Å². The molecule has 1 fully saturated rings. The maximum atomic E-state index is 3.78. The second kappa shape index (κ2) is 6.13. The van der Waals surface area contributed by atoms with Gasteiger partial charge >= 0.3 is 0 Å². The van der Waals surface area contributed by atoms with Crippen molar-refractivity contribution in [1.29, 1.82) is 0 Å². The normalized spacial score (nSPS) is 30.6. The second-order valence-corrected chi connectivity index (χ2v) is 6.79. The van der Waals surface area contributed by atoms with Gasteiger partial charge in [0.1, 0.15) is 0 Å². The highest BCUT2D eigenvalue weighted by atomic mass is 14.9. The lowest BCUT2D eigenvalue weighted by Gasteiger charge is -2.27. The van der Waals surface area contributed by atoms with E-state index >= 15 is 0 Å². The molecule has 0 amide bonds. The van der Waals surface area contributed by atoms with Crippen molar-refractivity contribution in [3.05, 3.63) is 48.0 Å². The number of benzene rings is 1. The SMILES string of the molecule is CC(CCNC(C)C1CC2C=CC1C2)c1ccccc1. The first-order chi connectivity index (χ1) is 9.74. The molecule has 3 rings (SSSR count). The van der Waals surface area contributed by atoms with Crippen molar-refractivity contribution in [2.45, 2.75) is 45.1 Å². The molecule has 108 valence electrons. The van der Waals surface area contributed by atoms with Crippen molar-refractivity contribution in [1.82, 2.24) is 5.32 Å². The van der Waals surface area contributed by atoms with Crippen LogP contribution in [0.25, 0.3) is 0 Å². The molecule has 2 bridgehead atoms. The summed E-state index contributed by atoms with van der Waals surface area (Å²) >= 11 is 0. The quantitative estimate of drug-likeness (QED) is 0.756. The van der Waals surface area contributed by atoms with E-state index in [4.69, 9.17) is 0 Å². The van der Waals surface area contributed by atoms with Gasteiger partial charge in [-0.25, -0.2) is 0 Å². The number of fused-ring (bicyclic) bond motifs is 2. The van der Waals surface area contributed by atoms with Gasteiger partial charge in [0.2, 0.25) is 0 Å². The van der Waals surface area contributed by atoms with Gasteiger partial charge < -0.3 is 5.32 Å². The zero-order valence-electron chi connectivity index (χ0n) is 12.8. The Labute approximate surface area is 123 Å². The molecule has 0 saturated heterocycles. The van der Waals surface area contributed by atoms with Crippen LogP contribution in [0.3, 0.4) is 0 Å². The molecule has 0 heterocycles. The minimum absolute atomic E-state index is 0.649. The summed E-state index contributed by atoms with van der Waals surface area (Å²) < 4.78 is 0. The van der Waals surface area contributed by atoms with Crippen LogP contribution in [-0.2, 0) is 0 Å². The highest BCUT2D eigenvalue weighted by molar-refractivity contribution is 5.18. The van der Waals surface area contributed by atoms with Crippen LogP contribution in [0.2, 0.25) is 0 Å². The second-order valence-electron chi connectivity index (χ2n) is 6.79. The maximum absolute atomic E-state index is 3.78. The Morgan fingerprint density at radius 1 is 1.10 bits per heavy atom. The molecule has 2 aliphatic rings. The van der Waals surface area contributed by atoms with E-state index in [1.807, 2.05) is 0 Å². The van der Waals surface area contributed by atoms with Crippen LogP contribution in [0, 0.1) is 17.8 Å². The lowest BCUT2D eigenvalue weighted by atomic mass is 9.87. The molecule has 1 saturated carbocycles. The molecule has 20 heavy (non-hydrogen) atoms. The molecule has 1 aromatic carbocycles. The van der Waals surface area contributed by atoms with Crippen LogP contribution in [-0.4, -0.2) is 12.6 Å². The van der Waals surface area contributed by atoms with E-state index in [-0.39, 0.29) is 0 Å². The van der Waals surface area contributed by atoms with Gasteiger partial charge in [0.05, 0.1) is 0 Å². The molecule has 2 aliphatic carbocycles. The summed E-state index contributed by atoms with van der Waals surface area (Å²) in [5, 5.41) is 3.78. The maximum Gasteiger partial charge on any atom is 0.00728 e. The molecule has 1 nitrogen and oxygen atoms in total. The molecule has 1 N–H and O–H groups in total. The average Bonchev–Trinajstić information content (AvgIpc) is 3.10. The highest BCUT2D eigenvalue weighted by Gasteiger charge is 2.38. The Morgan fingerprint density at radius 2 is 1.90 bits per heavy atom. The van der Waals surface area contributed by atoms with Gasteiger partial charge in [0.25, 0.3) is 0 Å². The van der Waals surface area contributed by atoms with Gasteiger partial charge in [-0.3, -0.25) is 0 Å². The molecule has 0 spiro atoms. The monoisotopic (exact) mass is 269 g/mol. The number of allylic oxidation sites excluding steroid dienone is 2.